The number of hydrazine groups is 1. The fourth-order valence-electron chi connectivity index (χ4n) is 2.19. The number of rotatable bonds is 5. The molecule has 0 amide bonds. The molecule has 8 heteroatoms. The van der Waals surface area contributed by atoms with Gasteiger partial charge in [0.05, 0.1) is 16.1 Å². The van der Waals surface area contributed by atoms with Crippen LogP contribution in [0.4, 0.5) is 5.69 Å². The van der Waals surface area contributed by atoms with Crippen LogP contribution in [-0.4, -0.2) is 13.4 Å². The van der Waals surface area contributed by atoms with Gasteiger partial charge in [-0.05, 0) is 44.0 Å². The highest BCUT2D eigenvalue weighted by Crippen LogP contribution is 2.24. The van der Waals surface area contributed by atoms with Crippen LogP contribution in [0.3, 0.4) is 0 Å². The summed E-state index contributed by atoms with van der Waals surface area (Å²) in [6, 6.07) is 3.42. The first kappa shape index (κ1) is 15.9. The molecule has 6 nitrogen and oxygen atoms in total. The van der Waals surface area contributed by atoms with Gasteiger partial charge in [0.2, 0.25) is 10.0 Å². The van der Waals surface area contributed by atoms with Crippen LogP contribution in [0.15, 0.2) is 22.5 Å². The molecule has 114 valence electrons. The van der Waals surface area contributed by atoms with E-state index < -0.39 is 10.0 Å². The lowest BCUT2D eigenvalue weighted by molar-refractivity contribution is 0.580. The molecule has 1 aromatic heterocycles. The maximum Gasteiger partial charge on any atom is 0.241 e. The number of nitrogen functional groups attached to an aromatic ring is 1. The minimum atomic E-state index is -3.58. The number of aromatic nitrogens is 1. The lowest BCUT2D eigenvalue weighted by atomic mass is 10.1. The van der Waals surface area contributed by atoms with Gasteiger partial charge < -0.3 is 5.43 Å². The summed E-state index contributed by atoms with van der Waals surface area (Å²) in [6.07, 6.45) is 0. The third kappa shape index (κ3) is 3.41. The van der Waals surface area contributed by atoms with Crippen LogP contribution in [0.25, 0.3) is 0 Å². The summed E-state index contributed by atoms with van der Waals surface area (Å²) < 4.78 is 27.6. The molecule has 1 aromatic carbocycles. The molecule has 2 aromatic rings. The molecule has 0 spiro atoms. The molecule has 0 bridgehead atoms. The van der Waals surface area contributed by atoms with Crippen molar-refractivity contribution in [3.63, 3.8) is 0 Å². The molecule has 0 radical (unpaired) electrons. The average molecular weight is 326 g/mol. The van der Waals surface area contributed by atoms with Gasteiger partial charge >= 0.3 is 0 Å². The first-order valence-electron chi connectivity index (χ1n) is 6.31. The van der Waals surface area contributed by atoms with E-state index in [-0.39, 0.29) is 6.54 Å². The minimum Gasteiger partial charge on any atom is -0.324 e. The Hall–Kier alpha value is -1.48. The maximum absolute atomic E-state index is 12.5. The van der Waals surface area contributed by atoms with Gasteiger partial charge in [-0.1, -0.05) is 0 Å². The molecule has 0 saturated carbocycles. The standard InChI is InChI=1S/C13H18N4O2S2/c1-8-4-11(17-14)5-9(2)13(8)21(18,19)16-6-12-10(3)15-7-20-12/h4-5,7,16-17H,6,14H2,1-3H3. The molecule has 0 unspecified atom stereocenters. The number of nitrogens with zero attached hydrogens (tertiary/aromatic N) is 1. The average Bonchev–Trinajstić information content (AvgIpc) is 2.80. The zero-order valence-corrected chi connectivity index (χ0v) is 13.7. The maximum atomic E-state index is 12.5. The van der Waals surface area contributed by atoms with E-state index in [1.165, 1.54) is 11.3 Å². The summed E-state index contributed by atoms with van der Waals surface area (Å²) >= 11 is 1.44. The van der Waals surface area contributed by atoms with Crippen LogP contribution >= 0.6 is 11.3 Å². The van der Waals surface area contributed by atoms with Crippen molar-refractivity contribution in [1.82, 2.24) is 9.71 Å². The molecule has 0 fully saturated rings. The van der Waals surface area contributed by atoms with Crippen LogP contribution < -0.4 is 16.0 Å². The predicted molar refractivity (Wildman–Crippen MR) is 84.6 cm³/mol. The molecule has 21 heavy (non-hydrogen) atoms. The number of hydrogen-bond acceptors (Lipinski definition) is 6. The molecular weight excluding hydrogens is 308 g/mol. The Balaban J connectivity index is 2.30. The van der Waals surface area contributed by atoms with Crippen molar-refractivity contribution in [2.75, 3.05) is 5.43 Å². The van der Waals surface area contributed by atoms with E-state index in [9.17, 15) is 8.42 Å². The number of sulfonamides is 1. The number of nitrogens with two attached hydrogens (primary N) is 1. The van der Waals surface area contributed by atoms with Gasteiger partial charge in [0.15, 0.2) is 0 Å². The Labute approximate surface area is 128 Å². The van der Waals surface area contributed by atoms with E-state index in [0.29, 0.717) is 21.7 Å². The molecule has 0 aliphatic heterocycles. The Morgan fingerprint density at radius 2 is 1.86 bits per heavy atom. The Morgan fingerprint density at radius 1 is 1.24 bits per heavy atom. The van der Waals surface area contributed by atoms with Crippen LogP contribution in [-0.2, 0) is 16.6 Å². The van der Waals surface area contributed by atoms with E-state index in [2.05, 4.69) is 15.1 Å². The van der Waals surface area contributed by atoms with Crippen LogP contribution in [0.5, 0.6) is 0 Å². The van der Waals surface area contributed by atoms with Crippen LogP contribution in [0.1, 0.15) is 21.7 Å². The number of nitrogens with one attached hydrogen (secondary N) is 2. The number of hydrogen-bond donors (Lipinski definition) is 3. The van der Waals surface area contributed by atoms with E-state index >= 15 is 0 Å². The number of benzene rings is 1. The molecule has 0 atom stereocenters. The van der Waals surface area contributed by atoms with Gasteiger partial charge in [0.25, 0.3) is 0 Å². The lowest BCUT2D eigenvalue weighted by Gasteiger charge is -2.13. The zero-order valence-electron chi connectivity index (χ0n) is 12.1. The zero-order chi connectivity index (χ0) is 15.6. The molecule has 0 saturated heterocycles. The van der Waals surface area contributed by atoms with Crippen molar-refractivity contribution in [2.45, 2.75) is 32.2 Å². The lowest BCUT2D eigenvalue weighted by Crippen LogP contribution is -2.25. The number of thiazole rings is 1. The Bertz CT molecular complexity index is 730. The summed E-state index contributed by atoms with van der Waals surface area (Å²) in [7, 11) is -3.58. The highest BCUT2D eigenvalue weighted by atomic mass is 32.2. The molecule has 4 N–H and O–H groups in total. The monoisotopic (exact) mass is 326 g/mol. The van der Waals surface area contributed by atoms with Gasteiger partial charge in [0, 0.05) is 17.1 Å². The third-order valence-corrected chi connectivity index (χ3v) is 5.80. The highest BCUT2D eigenvalue weighted by Gasteiger charge is 2.20. The second kappa shape index (κ2) is 6.10. The van der Waals surface area contributed by atoms with E-state index in [0.717, 1.165) is 10.6 Å². The summed E-state index contributed by atoms with van der Waals surface area (Å²) in [6.45, 7) is 5.60. The van der Waals surface area contributed by atoms with Gasteiger partial charge in [-0.3, -0.25) is 5.84 Å². The minimum absolute atomic E-state index is 0.245. The fraction of sp³-hybridized carbons (Fsp3) is 0.308. The van der Waals surface area contributed by atoms with Gasteiger partial charge in [0.1, 0.15) is 0 Å². The van der Waals surface area contributed by atoms with Gasteiger partial charge in [-0.2, -0.15) is 0 Å². The van der Waals surface area contributed by atoms with E-state index in [1.807, 2.05) is 6.92 Å². The van der Waals surface area contributed by atoms with Crippen molar-refractivity contribution >= 4 is 27.0 Å². The highest BCUT2D eigenvalue weighted by molar-refractivity contribution is 7.89. The first-order chi connectivity index (χ1) is 9.85. The van der Waals surface area contributed by atoms with Crippen molar-refractivity contribution < 1.29 is 8.42 Å². The molecule has 1 heterocycles. The smallest absolute Gasteiger partial charge is 0.241 e. The van der Waals surface area contributed by atoms with Crippen LogP contribution in [0.2, 0.25) is 0 Å². The second-order valence-electron chi connectivity index (χ2n) is 4.77. The van der Waals surface area contributed by atoms with Crippen LogP contribution in [0, 0.1) is 20.8 Å². The second-order valence-corrected chi connectivity index (χ2v) is 7.41. The van der Waals surface area contributed by atoms with Crippen molar-refractivity contribution in [3.8, 4) is 0 Å². The summed E-state index contributed by atoms with van der Waals surface area (Å²) in [4.78, 5) is 5.32. The topological polar surface area (TPSA) is 97.1 Å². The van der Waals surface area contributed by atoms with Gasteiger partial charge in [-0.25, -0.2) is 18.1 Å². The SMILES string of the molecule is Cc1cc(NN)cc(C)c1S(=O)(=O)NCc1scnc1C. The van der Waals surface area contributed by atoms with Crippen molar-refractivity contribution in [3.05, 3.63) is 39.3 Å². The molecular formula is C13H18N4O2S2. The normalized spacial score (nSPS) is 11.6. The molecule has 0 aliphatic carbocycles. The number of aryl methyl sites for hydroxylation is 3. The quantitative estimate of drug-likeness (QED) is 0.575. The largest absolute Gasteiger partial charge is 0.324 e. The Morgan fingerprint density at radius 3 is 2.33 bits per heavy atom. The Kier molecular flexibility index (Phi) is 4.62. The van der Waals surface area contributed by atoms with E-state index in [1.54, 1.807) is 31.5 Å². The molecule has 0 aliphatic rings. The summed E-state index contributed by atoms with van der Waals surface area (Å²) in [5.74, 6) is 5.37. The van der Waals surface area contributed by atoms with Crippen molar-refractivity contribution in [1.29, 1.82) is 0 Å². The third-order valence-electron chi connectivity index (χ3n) is 3.16. The molecule has 2 rings (SSSR count). The van der Waals surface area contributed by atoms with E-state index in [4.69, 9.17) is 5.84 Å². The predicted octanol–water partition coefficient (Wildman–Crippen LogP) is 1.83. The number of anilines is 1. The summed E-state index contributed by atoms with van der Waals surface area (Å²) in [5, 5.41) is 0. The first-order valence-corrected chi connectivity index (χ1v) is 8.68. The van der Waals surface area contributed by atoms with Gasteiger partial charge in [-0.15, -0.1) is 11.3 Å². The summed E-state index contributed by atoms with van der Waals surface area (Å²) in [5.41, 5.74) is 7.06. The van der Waals surface area contributed by atoms with Crippen molar-refractivity contribution in [2.24, 2.45) is 5.84 Å². The fourth-order valence-corrected chi connectivity index (χ4v) is 4.44.